The van der Waals surface area contributed by atoms with Crippen LogP contribution in [0.5, 0.6) is 0 Å². The van der Waals surface area contributed by atoms with Crippen molar-refractivity contribution in [3.05, 3.63) is 67.4 Å². The molecule has 0 saturated heterocycles. The number of carbonyl (C=O) groups is 1. The summed E-state index contributed by atoms with van der Waals surface area (Å²) in [6, 6.07) is 11.4. The summed E-state index contributed by atoms with van der Waals surface area (Å²) in [6.45, 7) is 0.208. The minimum atomic E-state index is -0.465. The van der Waals surface area contributed by atoms with E-state index in [1.165, 1.54) is 23.5 Å². The van der Waals surface area contributed by atoms with Crippen LogP contribution in [-0.4, -0.2) is 15.4 Å². The van der Waals surface area contributed by atoms with Crippen LogP contribution in [0.3, 0.4) is 0 Å². The van der Waals surface area contributed by atoms with Crippen molar-refractivity contribution in [3.8, 4) is 12.3 Å². The number of thiazole rings is 1. The van der Waals surface area contributed by atoms with Crippen LogP contribution in [0.1, 0.15) is 10.4 Å². The molecule has 0 atom stereocenters. The second-order valence-electron chi connectivity index (χ2n) is 4.98. The number of rotatable bonds is 3. The van der Waals surface area contributed by atoms with Crippen molar-refractivity contribution in [3.63, 3.8) is 0 Å². The highest BCUT2D eigenvalue weighted by Gasteiger charge is 2.13. The molecule has 0 fully saturated rings. The second-order valence-corrected chi connectivity index (χ2v) is 6.84. The quantitative estimate of drug-likeness (QED) is 0.371. The van der Waals surface area contributed by atoms with Gasteiger partial charge in [0.15, 0.2) is 4.80 Å². The minimum Gasteiger partial charge on any atom is -0.305 e. The molecule has 0 bridgehead atoms. The molecule has 0 saturated carbocycles. The fourth-order valence-corrected chi connectivity index (χ4v) is 3.80. The van der Waals surface area contributed by atoms with E-state index in [4.69, 9.17) is 6.42 Å². The lowest BCUT2D eigenvalue weighted by molar-refractivity contribution is -0.384. The molecule has 0 radical (unpaired) electrons. The summed E-state index contributed by atoms with van der Waals surface area (Å²) >= 11 is 4.51. The van der Waals surface area contributed by atoms with Gasteiger partial charge in [-0.1, -0.05) is 29.4 Å². The Kier molecular flexibility index (Phi) is 4.79. The largest absolute Gasteiger partial charge is 0.305 e. The Hall–Kier alpha value is -2.76. The molecule has 0 spiro atoms. The van der Waals surface area contributed by atoms with Crippen LogP contribution in [0, 0.1) is 22.5 Å². The topological polar surface area (TPSA) is 77.5 Å². The molecule has 2 aromatic carbocycles. The van der Waals surface area contributed by atoms with E-state index in [-0.39, 0.29) is 12.2 Å². The number of carbonyl (C=O) groups excluding carboxylic acids is 1. The van der Waals surface area contributed by atoms with Crippen molar-refractivity contribution in [1.82, 2.24) is 4.57 Å². The van der Waals surface area contributed by atoms with Gasteiger partial charge in [-0.05, 0) is 34.1 Å². The van der Waals surface area contributed by atoms with Crippen molar-refractivity contribution in [2.24, 2.45) is 4.99 Å². The number of hydrogen-bond acceptors (Lipinski definition) is 4. The van der Waals surface area contributed by atoms with Crippen LogP contribution in [0.25, 0.3) is 10.2 Å². The molecule has 0 aliphatic carbocycles. The van der Waals surface area contributed by atoms with Crippen molar-refractivity contribution < 1.29 is 9.72 Å². The summed E-state index contributed by atoms with van der Waals surface area (Å²) in [7, 11) is 0. The second kappa shape index (κ2) is 7.01. The van der Waals surface area contributed by atoms with Gasteiger partial charge in [0, 0.05) is 16.6 Å². The summed E-state index contributed by atoms with van der Waals surface area (Å²) in [5.74, 6) is 2.10. The molecule has 3 rings (SSSR count). The normalized spacial score (nSPS) is 11.4. The smallest absolute Gasteiger partial charge is 0.280 e. The van der Waals surface area contributed by atoms with Gasteiger partial charge in [0.2, 0.25) is 0 Å². The van der Waals surface area contributed by atoms with Gasteiger partial charge >= 0.3 is 0 Å². The number of non-ortho nitro benzene ring substituents is 1. The van der Waals surface area contributed by atoms with Crippen molar-refractivity contribution in [2.75, 3.05) is 0 Å². The molecule has 0 N–H and O–H groups in total. The van der Waals surface area contributed by atoms with Gasteiger partial charge in [-0.3, -0.25) is 14.9 Å². The standard InChI is InChI=1S/C17H10BrN3O3S/c1-2-9-20-14-8-7-11(21(23)24)10-15(14)25-17(20)19-16(22)12-5-3-4-6-13(12)18/h1,3-8,10H,9H2. The van der Waals surface area contributed by atoms with Crippen molar-refractivity contribution in [1.29, 1.82) is 0 Å². The first-order valence-electron chi connectivity index (χ1n) is 7.06. The zero-order chi connectivity index (χ0) is 18.0. The van der Waals surface area contributed by atoms with E-state index in [0.717, 1.165) is 0 Å². The Labute approximate surface area is 154 Å². The first-order chi connectivity index (χ1) is 12.0. The number of hydrogen-bond donors (Lipinski definition) is 0. The van der Waals surface area contributed by atoms with Gasteiger partial charge in [0.25, 0.3) is 11.6 Å². The predicted octanol–water partition coefficient (Wildman–Crippen LogP) is 3.75. The van der Waals surface area contributed by atoms with E-state index in [0.29, 0.717) is 25.1 Å². The summed E-state index contributed by atoms with van der Waals surface area (Å²) in [4.78, 5) is 27.5. The molecular formula is C17H10BrN3O3S. The monoisotopic (exact) mass is 415 g/mol. The van der Waals surface area contributed by atoms with Crippen LogP contribution < -0.4 is 4.80 Å². The van der Waals surface area contributed by atoms with Crippen LogP contribution in [-0.2, 0) is 6.54 Å². The third-order valence-corrected chi connectivity index (χ3v) is 5.16. The molecule has 1 amide bonds. The van der Waals surface area contributed by atoms with Crippen LogP contribution in [0.2, 0.25) is 0 Å². The highest BCUT2D eigenvalue weighted by molar-refractivity contribution is 9.10. The molecular weight excluding hydrogens is 406 g/mol. The maximum absolute atomic E-state index is 12.5. The van der Waals surface area contributed by atoms with Gasteiger partial charge in [0.1, 0.15) is 0 Å². The highest BCUT2D eigenvalue weighted by Crippen LogP contribution is 2.23. The summed E-state index contributed by atoms with van der Waals surface area (Å²) in [5.41, 5.74) is 1.11. The molecule has 8 heteroatoms. The molecule has 0 aliphatic heterocycles. The number of aromatic nitrogens is 1. The number of benzene rings is 2. The van der Waals surface area contributed by atoms with Gasteiger partial charge in [-0.15, -0.1) is 6.42 Å². The Morgan fingerprint density at radius 2 is 2.12 bits per heavy atom. The van der Waals surface area contributed by atoms with Crippen molar-refractivity contribution >= 4 is 49.1 Å². The molecule has 1 heterocycles. The Morgan fingerprint density at radius 1 is 1.36 bits per heavy atom. The predicted molar refractivity (Wildman–Crippen MR) is 99.3 cm³/mol. The van der Waals surface area contributed by atoms with Gasteiger partial charge in [-0.25, -0.2) is 0 Å². The average Bonchev–Trinajstić information content (AvgIpc) is 2.92. The number of nitro benzene ring substituents is 1. The molecule has 124 valence electrons. The highest BCUT2D eigenvalue weighted by atomic mass is 79.9. The molecule has 6 nitrogen and oxygen atoms in total. The number of fused-ring (bicyclic) bond motifs is 1. The summed E-state index contributed by atoms with van der Waals surface area (Å²) < 4.78 is 2.98. The van der Waals surface area contributed by atoms with Gasteiger partial charge in [-0.2, -0.15) is 4.99 Å². The lowest BCUT2D eigenvalue weighted by Gasteiger charge is -2.00. The summed E-state index contributed by atoms with van der Waals surface area (Å²) in [5, 5.41) is 11.0. The van der Waals surface area contributed by atoms with Crippen LogP contribution in [0.4, 0.5) is 5.69 Å². The third-order valence-electron chi connectivity index (χ3n) is 3.43. The zero-order valence-corrected chi connectivity index (χ0v) is 15.1. The number of terminal acetylenes is 1. The Bertz CT molecular complexity index is 1110. The molecule has 25 heavy (non-hydrogen) atoms. The number of amides is 1. The first kappa shape index (κ1) is 17.1. The van der Waals surface area contributed by atoms with Crippen molar-refractivity contribution in [2.45, 2.75) is 6.54 Å². The van der Waals surface area contributed by atoms with E-state index in [1.54, 1.807) is 34.9 Å². The fourth-order valence-electron chi connectivity index (χ4n) is 2.29. The summed E-state index contributed by atoms with van der Waals surface area (Å²) in [6.07, 6.45) is 5.42. The molecule has 1 aromatic heterocycles. The molecule has 0 aliphatic rings. The number of nitro groups is 1. The third kappa shape index (κ3) is 3.38. The van der Waals surface area contributed by atoms with E-state index in [9.17, 15) is 14.9 Å². The van der Waals surface area contributed by atoms with E-state index < -0.39 is 10.8 Å². The van der Waals surface area contributed by atoms with E-state index in [2.05, 4.69) is 26.8 Å². The van der Waals surface area contributed by atoms with Crippen LogP contribution in [0.15, 0.2) is 51.9 Å². The Balaban J connectivity index is 2.19. The lowest BCUT2D eigenvalue weighted by atomic mass is 10.2. The SMILES string of the molecule is C#CCn1c(=NC(=O)c2ccccc2Br)sc2cc([N+](=O)[O-])ccc21. The number of halogens is 1. The van der Waals surface area contributed by atoms with Gasteiger partial charge in [0.05, 0.1) is 27.2 Å². The number of nitrogens with zero attached hydrogens (tertiary/aromatic N) is 3. The van der Waals surface area contributed by atoms with Gasteiger partial charge < -0.3 is 4.57 Å². The first-order valence-corrected chi connectivity index (χ1v) is 8.67. The fraction of sp³-hybridized carbons (Fsp3) is 0.0588. The van der Waals surface area contributed by atoms with E-state index in [1.807, 2.05) is 0 Å². The molecule has 3 aromatic rings. The molecule has 0 unspecified atom stereocenters. The van der Waals surface area contributed by atoms with Crippen LogP contribution >= 0.6 is 27.3 Å². The van der Waals surface area contributed by atoms with E-state index >= 15 is 0 Å². The maximum atomic E-state index is 12.5. The zero-order valence-electron chi connectivity index (χ0n) is 12.7. The Morgan fingerprint density at radius 3 is 2.80 bits per heavy atom. The minimum absolute atomic E-state index is 0.0229. The maximum Gasteiger partial charge on any atom is 0.280 e. The lowest BCUT2D eigenvalue weighted by Crippen LogP contribution is -2.16. The average molecular weight is 416 g/mol.